The van der Waals surface area contributed by atoms with E-state index in [1.54, 1.807) is 55.5 Å². The van der Waals surface area contributed by atoms with Crippen molar-refractivity contribution in [2.45, 2.75) is 25.3 Å². The Morgan fingerprint density at radius 2 is 1.65 bits per heavy atom. The van der Waals surface area contributed by atoms with Crippen molar-refractivity contribution in [3.63, 3.8) is 0 Å². The first-order valence-corrected chi connectivity index (χ1v) is 7.36. The first-order valence-electron chi connectivity index (χ1n) is 7.36. The molecule has 0 fully saturated rings. The molecule has 3 N–H and O–H groups in total. The summed E-state index contributed by atoms with van der Waals surface area (Å²) in [4.78, 5) is 24.2. The van der Waals surface area contributed by atoms with Crippen molar-refractivity contribution in [2.75, 3.05) is 0 Å². The Kier molecular flexibility index (Phi) is 5.01. The van der Waals surface area contributed by atoms with Crippen molar-refractivity contribution < 1.29 is 19.8 Å². The van der Waals surface area contributed by atoms with E-state index >= 15 is 0 Å². The summed E-state index contributed by atoms with van der Waals surface area (Å²) in [5.41, 5.74) is -0.611. The maximum Gasteiger partial charge on any atom is 0.329 e. The molecule has 2 rings (SSSR count). The minimum absolute atomic E-state index is 0.00405. The van der Waals surface area contributed by atoms with Gasteiger partial charge >= 0.3 is 5.97 Å². The molecule has 2 aromatic carbocycles. The third-order valence-corrected chi connectivity index (χ3v) is 3.89. The van der Waals surface area contributed by atoms with E-state index in [0.717, 1.165) is 0 Å². The van der Waals surface area contributed by atoms with E-state index in [1.165, 1.54) is 6.07 Å². The largest absolute Gasteiger partial charge is 0.508 e. The van der Waals surface area contributed by atoms with Gasteiger partial charge in [-0.3, -0.25) is 4.79 Å². The predicted octanol–water partition coefficient (Wildman–Crippen LogP) is 2.60. The van der Waals surface area contributed by atoms with Crippen LogP contribution in [0, 0.1) is 0 Å². The topological polar surface area (TPSA) is 86.6 Å². The summed E-state index contributed by atoms with van der Waals surface area (Å²) in [5.74, 6) is -1.57. The highest BCUT2D eigenvalue weighted by Crippen LogP contribution is 2.25. The molecule has 0 saturated heterocycles. The number of amides is 1. The van der Waals surface area contributed by atoms with Crippen LogP contribution in [-0.4, -0.2) is 27.6 Å². The van der Waals surface area contributed by atoms with Crippen molar-refractivity contribution >= 4 is 11.9 Å². The van der Waals surface area contributed by atoms with Crippen LogP contribution < -0.4 is 5.32 Å². The van der Waals surface area contributed by atoms with Crippen LogP contribution in [0.4, 0.5) is 0 Å². The molecule has 0 aliphatic carbocycles. The van der Waals surface area contributed by atoms with E-state index in [-0.39, 0.29) is 18.6 Å². The first-order chi connectivity index (χ1) is 11.0. The number of carbonyl (C=O) groups excluding carboxylic acids is 1. The fourth-order valence-electron chi connectivity index (χ4n) is 2.40. The molecule has 0 bridgehead atoms. The molecular formula is C18H19NO4. The van der Waals surface area contributed by atoms with Crippen LogP contribution >= 0.6 is 0 Å². The highest BCUT2D eigenvalue weighted by Gasteiger charge is 2.39. The van der Waals surface area contributed by atoms with Crippen molar-refractivity contribution in [1.82, 2.24) is 5.32 Å². The van der Waals surface area contributed by atoms with Gasteiger partial charge in [-0.25, -0.2) is 4.79 Å². The lowest BCUT2D eigenvalue weighted by Gasteiger charge is -2.30. The lowest BCUT2D eigenvalue weighted by atomic mass is 9.87. The minimum Gasteiger partial charge on any atom is -0.508 e. The Balaban J connectivity index is 2.31. The van der Waals surface area contributed by atoms with Crippen LogP contribution in [0.25, 0.3) is 0 Å². The summed E-state index contributed by atoms with van der Waals surface area (Å²) in [5, 5.41) is 22.2. The van der Waals surface area contributed by atoms with Gasteiger partial charge < -0.3 is 15.5 Å². The van der Waals surface area contributed by atoms with Gasteiger partial charge in [0.2, 0.25) is 0 Å². The number of aromatic hydroxyl groups is 1. The van der Waals surface area contributed by atoms with Gasteiger partial charge in [-0.15, -0.1) is 0 Å². The van der Waals surface area contributed by atoms with E-state index in [9.17, 15) is 19.8 Å². The molecule has 5 heteroatoms. The molecule has 1 atom stereocenters. The zero-order valence-corrected chi connectivity index (χ0v) is 12.8. The number of carbonyl (C=O) groups is 2. The third-order valence-electron chi connectivity index (χ3n) is 3.89. The Morgan fingerprint density at radius 3 is 2.22 bits per heavy atom. The molecule has 0 aromatic heterocycles. The molecule has 1 amide bonds. The molecule has 0 aliphatic heterocycles. The molecule has 5 nitrogen and oxygen atoms in total. The normalized spacial score (nSPS) is 13.1. The number of nitrogens with one attached hydrogen (secondary N) is 1. The molecule has 0 spiro atoms. The van der Waals surface area contributed by atoms with Crippen LogP contribution in [0.5, 0.6) is 5.75 Å². The first kappa shape index (κ1) is 16.5. The smallest absolute Gasteiger partial charge is 0.329 e. The summed E-state index contributed by atoms with van der Waals surface area (Å²) in [7, 11) is 0. The number of phenolic OH excluding ortho intramolecular Hbond substituents is 1. The van der Waals surface area contributed by atoms with Crippen molar-refractivity contribution in [1.29, 1.82) is 0 Å². The second-order valence-corrected chi connectivity index (χ2v) is 5.37. The number of carboxylic acid groups (broad SMARTS) is 1. The molecule has 2 aromatic rings. The number of carboxylic acids is 1. The van der Waals surface area contributed by atoms with Gasteiger partial charge in [0.15, 0.2) is 0 Å². The van der Waals surface area contributed by atoms with Crippen LogP contribution in [0.3, 0.4) is 0 Å². The zero-order valence-electron chi connectivity index (χ0n) is 12.8. The van der Waals surface area contributed by atoms with E-state index in [4.69, 9.17) is 0 Å². The monoisotopic (exact) mass is 313 g/mol. The van der Waals surface area contributed by atoms with Crippen LogP contribution in [0.1, 0.15) is 29.3 Å². The molecular weight excluding hydrogens is 294 g/mol. The summed E-state index contributed by atoms with van der Waals surface area (Å²) < 4.78 is 0. The molecule has 23 heavy (non-hydrogen) atoms. The Labute approximate surface area is 134 Å². The summed E-state index contributed by atoms with van der Waals surface area (Å²) >= 11 is 0. The number of hydrogen-bond acceptors (Lipinski definition) is 3. The number of aliphatic carboxylic acids is 1. The SMILES string of the molecule is CCC(Cc1ccccc1O)(NC(=O)c1ccccc1)C(=O)O. The fraction of sp³-hybridized carbons (Fsp3) is 0.222. The van der Waals surface area contributed by atoms with E-state index < -0.39 is 17.4 Å². The summed E-state index contributed by atoms with van der Waals surface area (Å²) in [6.07, 6.45) is 0.194. The Hall–Kier alpha value is -2.82. The second-order valence-electron chi connectivity index (χ2n) is 5.37. The Bertz CT molecular complexity index is 699. The summed E-state index contributed by atoms with van der Waals surface area (Å²) in [6.45, 7) is 1.69. The third kappa shape index (κ3) is 3.69. The van der Waals surface area contributed by atoms with Crippen molar-refractivity contribution in [2.24, 2.45) is 0 Å². The Morgan fingerprint density at radius 1 is 1.04 bits per heavy atom. The molecule has 0 radical (unpaired) electrons. The van der Waals surface area contributed by atoms with Gasteiger partial charge in [-0.1, -0.05) is 43.3 Å². The van der Waals surface area contributed by atoms with Gasteiger partial charge in [-0.05, 0) is 30.2 Å². The number of benzene rings is 2. The number of hydrogen-bond donors (Lipinski definition) is 3. The predicted molar refractivity (Wildman–Crippen MR) is 86.4 cm³/mol. The average Bonchev–Trinajstić information content (AvgIpc) is 2.56. The minimum atomic E-state index is -1.48. The van der Waals surface area contributed by atoms with Gasteiger partial charge in [-0.2, -0.15) is 0 Å². The maximum atomic E-state index is 12.4. The van der Waals surface area contributed by atoms with Gasteiger partial charge in [0.1, 0.15) is 11.3 Å². The molecule has 120 valence electrons. The molecule has 1 unspecified atom stereocenters. The molecule has 0 heterocycles. The highest BCUT2D eigenvalue weighted by molar-refractivity contribution is 5.98. The van der Waals surface area contributed by atoms with Gasteiger partial charge in [0, 0.05) is 12.0 Å². The zero-order chi connectivity index (χ0) is 16.9. The van der Waals surface area contributed by atoms with E-state index in [1.807, 2.05) is 0 Å². The molecule has 0 aliphatic rings. The quantitative estimate of drug-likeness (QED) is 0.765. The van der Waals surface area contributed by atoms with Crippen LogP contribution in [0.2, 0.25) is 0 Å². The lowest BCUT2D eigenvalue weighted by molar-refractivity contribution is -0.144. The standard InChI is InChI=1S/C18H19NO4/c1-2-18(17(22)23,12-14-10-6-7-11-15(14)20)19-16(21)13-8-4-3-5-9-13/h3-11,20H,2,12H2,1H3,(H,19,21)(H,22,23). The van der Waals surface area contributed by atoms with Crippen LogP contribution in [-0.2, 0) is 11.2 Å². The average molecular weight is 313 g/mol. The maximum absolute atomic E-state index is 12.4. The van der Waals surface area contributed by atoms with Gasteiger partial charge in [0.05, 0.1) is 0 Å². The number of phenols is 1. The van der Waals surface area contributed by atoms with Gasteiger partial charge in [0.25, 0.3) is 5.91 Å². The van der Waals surface area contributed by atoms with Crippen LogP contribution in [0.15, 0.2) is 54.6 Å². The van der Waals surface area contributed by atoms with Crippen molar-refractivity contribution in [3.8, 4) is 5.75 Å². The lowest BCUT2D eigenvalue weighted by Crippen LogP contribution is -2.55. The molecule has 0 saturated carbocycles. The van der Waals surface area contributed by atoms with E-state index in [0.29, 0.717) is 11.1 Å². The number of para-hydroxylation sites is 1. The van der Waals surface area contributed by atoms with Crippen molar-refractivity contribution in [3.05, 3.63) is 65.7 Å². The summed E-state index contributed by atoms with van der Waals surface area (Å²) in [6, 6.07) is 15.0. The van der Waals surface area contributed by atoms with E-state index in [2.05, 4.69) is 5.32 Å². The second kappa shape index (κ2) is 6.96. The highest BCUT2D eigenvalue weighted by atomic mass is 16.4. The fourth-order valence-corrected chi connectivity index (χ4v) is 2.40. The number of rotatable bonds is 6.